The van der Waals surface area contributed by atoms with E-state index in [0.29, 0.717) is 0 Å². The van der Waals surface area contributed by atoms with Crippen molar-refractivity contribution in [1.29, 1.82) is 0 Å². The number of benzene rings is 1. The smallest absolute Gasteiger partial charge is 0.203 e. The zero-order valence-electron chi connectivity index (χ0n) is 11.0. The first-order chi connectivity index (χ1) is 9.29. The Morgan fingerprint density at radius 2 is 2.00 bits per heavy atom. The van der Waals surface area contributed by atoms with Crippen molar-refractivity contribution in [3.05, 3.63) is 18.5 Å². The molecule has 1 aromatic carbocycles. The van der Waals surface area contributed by atoms with E-state index in [4.69, 9.17) is 4.98 Å². The van der Waals surface area contributed by atoms with Crippen LogP contribution in [0.3, 0.4) is 0 Å². The number of aromatic nitrogens is 4. The number of hydrogen-bond donors (Lipinski definition) is 2. The summed E-state index contributed by atoms with van der Waals surface area (Å²) in [4.78, 5) is 17.9. The lowest BCUT2D eigenvalue weighted by Crippen LogP contribution is -2.33. The maximum atomic E-state index is 4.71. The number of aromatic amines is 2. The van der Waals surface area contributed by atoms with E-state index in [1.165, 1.54) is 12.8 Å². The van der Waals surface area contributed by atoms with Gasteiger partial charge in [0.15, 0.2) is 0 Å². The van der Waals surface area contributed by atoms with Gasteiger partial charge in [-0.25, -0.2) is 9.97 Å². The molecule has 0 atom stereocenters. The second-order valence-corrected chi connectivity index (χ2v) is 5.52. The number of anilines is 1. The molecule has 1 aliphatic rings. The monoisotopic (exact) mass is 255 g/mol. The van der Waals surface area contributed by atoms with Gasteiger partial charge in [0.1, 0.15) is 0 Å². The number of H-pyrrole nitrogens is 2. The van der Waals surface area contributed by atoms with E-state index >= 15 is 0 Å². The first kappa shape index (κ1) is 10.8. The summed E-state index contributed by atoms with van der Waals surface area (Å²) in [6, 6.07) is 4.12. The van der Waals surface area contributed by atoms with E-state index in [9.17, 15) is 0 Å². The first-order valence-corrected chi connectivity index (χ1v) is 6.87. The van der Waals surface area contributed by atoms with Crippen LogP contribution in [-0.2, 0) is 0 Å². The molecule has 1 fully saturated rings. The summed E-state index contributed by atoms with van der Waals surface area (Å²) < 4.78 is 0. The molecule has 0 aliphatic carbocycles. The summed E-state index contributed by atoms with van der Waals surface area (Å²) >= 11 is 0. The average Bonchev–Trinajstić information content (AvgIpc) is 3.01. The number of hydrogen-bond acceptors (Lipinski definition) is 3. The summed E-state index contributed by atoms with van der Waals surface area (Å²) in [6.07, 6.45) is 4.22. The van der Waals surface area contributed by atoms with Gasteiger partial charge in [-0.05, 0) is 30.9 Å². The van der Waals surface area contributed by atoms with Crippen LogP contribution in [0.25, 0.3) is 22.1 Å². The third-order valence-electron chi connectivity index (χ3n) is 4.09. The molecule has 3 heterocycles. The normalized spacial score (nSPS) is 17.6. The highest BCUT2D eigenvalue weighted by atomic mass is 15.3. The Labute approximate surface area is 111 Å². The summed E-state index contributed by atoms with van der Waals surface area (Å²) in [5.74, 6) is 1.83. The summed E-state index contributed by atoms with van der Waals surface area (Å²) in [5.41, 5.74) is 4.09. The number of nitrogens with one attached hydrogen (secondary N) is 2. The Morgan fingerprint density at radius 1 is 1.16 bits per heavy atom. The van der Waals surface area contributed by atoms with Crippen LogP contribution in [0.1, 0.15) is 19.8 Å². The number of nitrogens with zero attached hydrogens (tertiary/aromatic N) is 3. The molecule has 1 aliphatic heterocycles. The molecule has 0 radical (unpaired) electrons. The van der Waals surface area contributed by atoms with Crippen molar-refractivity contribution in [3.8, 4) is 0 Å². The van der Waals surface area contributed by atoms with Crippen LogP contribution in [0.2, 0.25) is 0 Å². The Hall–Kier alpha value is -2.04. The fourth-order valence-electron chi connectivity index (χ4n) is 2.80. The van der Waals surface area contributed by atoms with Gasteiger partial charge in [0.25, 0.3) is 0 Å². The predicted octanol–water partition coefficient (Wildman–Crippen LogP) is 2.68. The molecule has 4 rings (SSSR count). The van der Waals surface area contributed by atoms with Crippen LogP contribution in [-0.4, -0.2) is 33.0 Å². The van der Waals surface area contributed by atoms with Gasteiger partial charge < -0.3 is 14.9 Å². The second-order valence-electron chi connectivity index (χ2n) is 5.52. The van der Waals surface area contributed by atoms with Crippen molar-refractivity contribution in [3.63, 3.8) is 0 Å². The quantitative estimate of drug-likeness (QED) is 0.702. The summed E-state index contributed by atoms with van der Waals surface area (Å²) in [6.45, 7) is 4.51. The third kappa shape index (κ3) is 1.77. The molecule has 5 heteroatoms. The highest BCUT2D eigenvalue weighted by molar-refractivity contribution is 5.92. The van der Waals surface area contributed by atoms with E-state index in [1.54, 1.807) is 6.33 Å². The topological polar surface area (TPSA) is 60.6 Å². The molecule has 0 saturated carbocycles. The number of piperidine rings is 1. The van der Waals surface area contributed by atoms with Crippen molar-refractivity contribution in [2.75, 3.05) is 18.0 Å². The molecule has 2 N–H and O–H groups in total. The van der Waals surface area contributed by atoms with Gasteiger partial charge in [0.2, 0.25) is 5.95 Å². The number of imidazole rings is 2. The Morgan fingerprint density at radius 3 is 2.84 bits per heavy atom. The van der Waals surface area contributed by atoms with Gasteiger partial charge >= 0.3 is 0 Å². The standard InChI is InChI=1S/C14H17N5/c1-9-2-4-19(5-3-9)14-17-12-6-10-11(16-8-15-10)7-13(12)18-14/h6-9H,2-5H2,1H3,(H,15,16)(H,17,18). The number of rotatable bonds is 1. The highest BCUT2D eigenvalue weighted by Gasteiger charge is 2.18. The SMILES string of the molecule is CC1CCN(c2nc3cc4nc[nH]c4cc3[nH]2)CC1. The molecule has 1 saturated heterocycles. The largest absolute Gasteiger partial charge is 0.345 e. The van der Waals surface area contributed by atoms with Gasteiger partial charge in [0.05, 0.1) is 28.4 Å². The van der Waals surface area contributed by atoms with Crippen LogP contribution in [0.4, 0.5) is 5.95 Å². The molecule has 5 nitrogen and oxygen atoms in total. The minimum absolute atomic E-state index is 0.836. The van der Waals surface area contributed by atoms with Crippen molar-refractivity contribution >= 4 is 28.0 Å². The molecular weight excluding hydrogens is 238 g/mol. The minimum Gasteiger partial charge on any atom is -0.345 e. The van der Waals surface area contributed by atoms with Gasteiger partial charge in [-0.3, -0.25) is 0 Å². The van der Waals surface area contributed by atoms with Gasteiger partial charge in [0, 0.05) is 13.1 Å². The van der Waals surface area contributed by atoms with Crippen LogP contribution < -0.4 is 4.90 Å². The van der Waals surface area contributed by atoms with Crippen LogP contribution in [0.5, 0.6) is 0 Å². The zero-order chi connectivity index (χ0) is 12.8. The molecular formula is C14H17N5. The van der Waals surface area contributed by atoms with E-state index in [0.717, 1.165) is 47.0 Å². The first-order valence-electron chi connectivity index (χ1n) is 6.87. The van der Waals surface area contributed by atoms with Crippen molar-refractivity contribution in [2.45, 2.75) is 19.8 Å². The second kappa shape index (κ2) is 3.98. The van der Waals surface area contributed by atoms with Crippen LogP contribution >= 0.6 is 0 Å². The molecule has 0 bridgehead atoms. The van der Waals surface area contributed by atoms with E-state index in [1.807, 2.05) is 6.07 Å². The highest BCUT2D eigenvalue weighted by Crippen LogP contribution is 2.25. The molecule has 0 unspecified atom stereocenters. The Balaban J connectivity index is 1.74. The van der Waals surface area contributed by atoms with Gasteiger partial charge in [-0.2, -0.15) is 0 Å². The van der Waals surface area contributed by atoms with Crippen LogP contribution in [0, 0.1) is 5.92 Å². The predicted molar refractivity (Wildman–Crippen MR) is 76.4 cm³/mol. The minimum atomic E-state index is 0.836. The lowest BCUT2D eigenvalue weighted by atomic mass is 10.00. The zero-order valence-corrected chi connectivity index (χ0v) is 11.0. The maximum absolute atomic E-state index is 4.71. The van der Waals surface area contributed by atoms with Crippen LogP contribution in [0.15, 0.2) is 18.5 Å². The fourth-order valence-corrected chi connectivity index (χ4v) is 2.80. The van der Waals surface area contributed by atoms with Crippen molar-refractivity contribution in [2.24, 2.45) is 5.92 Å². The molecule has 2 aromatic heterocycles. The summed E-state index contributed by atoms with van der Waals surface area (Å²) in [5, 5.41) is 0. The van der Waals surface area contributed by atoms with Gasteiger partial charge in [-0.15, -0.1) is 0 Å². The molecule has 0 amide bonds. The lowest BCUT2D eigenvalue weighted by Gasteiger charge is -2.29. The molecule has 98 valence electrons. The average molecular weight is 255 g/mol. The van der Waals surface area contributed by atoms with Gasteiger partial charge in [-0.1, -0.05) is 6.92 Å². The number of fused-ring (bicyclic) bond motifs is 2. The molecule has 19 heavy (non-hydrogen) atoms. The molecule has 0 spiro atoms. The molecule has 3 aromatic rings. The lowest BCUT2D eigenvalue weighted by molar-refractivity contribution is 0.435. The van der Waals surface area contributed by atoms with E-state index < -0.39 is 0 Å². The van der Waals surface area contributed by atoms with E-state index in [2.05, 4.69) is 32.8 Å². The van der Waals surface area contributed by atoms with E-state index in [-0.39, 0.29) is 0 Å². The Bertz CT molecular complexity index is 670. The Kier molecular flexibility index (Phi) is 2.27. The fraction of sp³-hybridized carbons (Fsp3) is 0.429. The van der Waals surface area contributed by atoms with Crippen molar-refractivity contribution in [1.82, 2.24) is 19.9 Å². The van der Waals surface area contributed by atoms with Crippen molar-refractivity contribution < 1.29 is 0 Å². The summed E-state index contributed by atoms with van der Waals surface area (Å²) in [7, 11) is 0. The maximum Gasteiger partial charge on any atom is 0.203 e. The third-order valence-corrected chi connectivity index (χ3v) is 4.09.